The van der Waals surface area contributed by atoms with Gasteiger partial charge in [0.1, 0.15) is 5.82 Å². The van der Waals surface area contributed by atoms with E-state index in [1.165, 1.54) is 16.8 Å². The highest BCUT2D eigenvalue weighted by atomic mass is 19.1. The third-order valence-corrected chi connectivity index (χ3v) is 3.04. The van der Waals surface area contributed by atoms with E-state index in [4.69, 9.17) is 9.47 Å². The first-order valence-electron chi connectivity index (χ1n) is 7.41. The van der Waals surface area contributed by atoms with Gasteiger partial charge in [0.2, 0.25) is 0 Å². The van der Waals surface area contributed by atoms with Crippen LogP contribution in [0.15, 0.2) is 30.5 Å². The molecule has 1 aromatic carbocycles. The molecule has 0 fully saturated rings. The average molecular weight is 321 g/mol. The van der Waals surface area contributed by atoms with Gasteiger partial charge in [0.25, 0.3) is 5.91 Å². The number of hydrogen-bond acceptors (Lipinski definition) is 4. The molecule has 1 heterocycles. The largest absolute Gasteiger partial charge is 0.489 e. The van der Waals surface area contributed by atoms with Crippen LogP contribution in [0.4, 0.5) is 4.39 Å². The van der Waals surface area contributed by atoms with E-state index in [1.807, 2.05) is 6.92 Å². The summed E-state index contributed by atoms with van der Waals surface area (Å²) >= 11 is 0. The van der Waals surface area contributed by atoms with E-state index in [9.17, 15) is 9.18 Å². The number of rotatable bonds is 8. The highest BCUT2D eigenvalue weighted by Gasteiger charge is 2.18. The predicted molar refractivity (Wildman–Crippen MR) is 83.5 cm³/mol. The molecule has 0 spiro atoms. The lowest BCUT2D eigenvalue weighted by molar-refractivity contribution is 0.0927. The zero-order valence-electron chi connectivity index (χ0n) is 13.2. The van der Waals surface area contributed by atoms with Crippen LogP contribution in [0, 0.1) is 5.82 Å². The Balaban J connectivity index is 2.24. The van der Waals surface area contributed by atoms with Crippen LogP contribution in [0.5, 0.6) is 5.75 Å². The SMILES string of the molecule is CCCOc1cn(-c2ccc(F)cc2)nc1C(=O)NCCOC. The summed E-state index contributed by atoms with van der Waals surface area (Å²) in [4.78, 5) is 12.2. The van der Waals surface area contributed by atoms with Crippen LogP contribution < -0.4 is 10.1 Å². The van der Waals surface area contributed by atoms with Crippen LogP contribution in [0.1, 0.15) is 23.8 Å². The molecule has 1 N–H and O–H groups in total. The van der Waals surface area contributed by atoms with Gasteiger partial charge in [0.05, 0.1) is 25.1 Å². The Morgan fingerprint density at radius 2 is 2.04 bits per heavy atom. The summed E-state index contributed by atoms with van der Waals surface area (Å²) in [6.45, 7) is 3.25. The lowest BCUT2D eigenvalue weighted by Crippen LogP contribution is -2.27. The van der Waals surface area contributed by atoms with Gasteiger partial charge in [-0.3, -0.25) is 4.79 Å². The number of ether oxygens (including phenoxy) is 2. The van der Waals surface area contributed by atoms with Crippen molar-refractivity contribution in [3.63, 3.8) is 0 Å². The van der Waals surface area contributed by atoms with Gasteiger partial charge in [-0.05, 0) is 30.7 Å². The molecule has 23 heavy (non-hydrogen) atoms. The van der Waals surface area contributed by atoms with E-state index in [2.05, 4.69) is 10.4 Å². The fourth-order valence-electron chi connectivity index (χ4n) is 1.91. The van der Waals surface area contributed by atoms with Gasteiger partial charge in [-0.25, -0.2) is 9.07 Å². The zero-order chi connectivity index (χ0) is 16.7. The topological polar surface area (TPSA) is 65.4 Å². The van der Waals surface area contributed by atoms with Crippen LogP contribution >= 0.6 is 0 Å². The minimum absolute atomic E-state index is 0.193. The molecule has 2 aromatic rings. The van der Waals surface area contributed by atoms with E-state index < -0.39 is 0 Å². The average Bonchev–Trinajstić information content (AvgIpc) is 2.98. The Kier molecular flexibility index (Phi) is 6.10. The molecule has 7 heteroatoms. The van der Waals surface area contributed by atoms with Gasteiger partial charge in [-0.2, -0.15) is 5.10 Å². The molecular weight excluding hydrogens is 301 g/mol. The van der Waals surface area contributed by atoms with Crippen molar-refractivity contribution in [2.45, 2.75) is 13.3 Å². The summed E-state index contributed by atoms with van der Waals surface area (Å²) in [7, 11) is 1.56. The molecule has 0 bridgehead atoms. The van der Waals surface area contributed by atoms with Crippen LogP contribution in [0.2, 0.25) is 0 Å². The van der Waals surface area contributed by atoms with E-state index in [0.29, 0.717) is 31.2 Å². The molecule has 0 atom stereocenters. The Morgan fingerprint density at radius 3 is 2.70 bits per heavy atom. The Morgan fingerprint density at radius 1 is 1.30 bits per heavy atom. The Hall–Kier alpha value is -2.41. The Labute approximate surface area is 134 Å². The molecular formula is C16H20FN3O3. The zero-order valence-corrected chi connectivity index (χ0v) is 13.2. The van der Waals surface area contributed by atoms with Crippen LogP contribution in [0.3, 0.4) is 0 Å². The third kappa shape index (κ3) is 4.53. The lowest BCUT2D eigenvalue weighted by atomic mass is 10.3. The number of nitrogens with zero attached hydrogens (tertiary/aromatic N) is 2. The monoisotopic (exact) mass is 321 g/mol. The molecule has 124 valence electrons. The minimum Gasteiger partial charge on any atom is -0.489 e. The van der Waals surface area contributed by atoms with Crippen molar-refractivity contribution in [3.8, 4) is 11.4 Å². The molecule has 0 radical (unpaired) electrons. The van der Waals surface area contributed by atoms with E-state index in [0.717, 1.165) is 6.42 Å². The normalized spacial score (nSPS) is 10.6. The number of amides is 1. The number of benzene rings is 1. The third-order valence-electron chi connectivity index (χ3n) is 3.04. The number of halogens is 1. The predicted octanol–water partition coefficient (Wildman–Crippen LogP) is 2.18. The van der Waals surface area contributed by atoms with Crippen molar-refractivity contribution in [2.75, 3.05) is 26.9 Å². The van der Waals surface area contributed by atoms with Gasteiger partial charge < -0.3 is 14.8 Å². The maximum absolute atomic E-state index is 13.0. The van der Waals surface area contributed by atoms with Crippen molar-refractivity contribution >= 4 is 5.91 Å². The molecule has 0 unspecified atom stereocenters. The van der Waals surface area contributed by atoms with Crippen LogP contribution in [-0.4, -0.2) is 42.6 Å². The highest BCUT2D eigenvalue weighted by Crippen LogP contribution is 2.20. The maximum atomic E-state index is 13.0. The van der Waals surface area contributed by atoms with Crippen molar-refractivity contribution in [1.82, 2.24) is 15.1 Å². The summed E-state index contributed by atoms with van der Waals surface area (Å²) < 4.78 is 25.0. The van der Waals surface area contributed by atoms with Gasteiger partial charge in [0.15, 0.2) is 11.4 Å². The molecule has 0 aliphatic carbocycles. The molecule has 1 amide bonds. The second kappa shape index (κ2) is 8.28. The number of aromatic nitrogens is 2. The van der Waals surface area contributed by atoms with Crippen molar-refractivity contribution in [3.05, 3.63) is 42.0 Å². The summed E-state index contributed by atoms with van der Waals surface area (Å²) in [6, 6.07) is 5.83. The summed E-state index contributed by atoms with van der Waals surface area (Å²) in [5, 5.41) is 6.97. The molecule has 0 saturated carbocycles. The van der Waals surface area contributed by atoms with Gasteiger partial charge in [0, 0.05) is 13.7 Å². The number of carbonyl (C=O) groups excluding carboxylic acids is 1. The first-order chi connectivity index (χ1) is 11.2. The second-order valence-corrected chi connectivity index (χ2v) is 4.86. The fraction of sp³-hybridized carbons (Fsp3) is 0.375. The van der Waals surface area contributed by atoms with Gasteiger partial charge in [-0.1, -0.05) is 6.92 Å². The quantitative estimate of drug-likeness (QED) is 0.757. The second-order valence-electron chi connectivity index (χ2n) is 4.86. The molecule has 0 saturated heterocycles. The molecule has 0 aliphatic rings. The van der Waals surface area contributed by atoms with Crippen LogP contribution in [0.25, 0.3) is 5.69 Å². The van der Waals surface area contributed by atoms with Gasteiger partial charge >= 0.3 is 0 Å². The summed E-state index contributed by atoms with van der Waals surface area (Å²) in [6.07, 6.45) is 2.43. The molecule has 6 nitrogen and oxygen atoms in total. The lowest BCUT2D eigenvalue weighted by Gasteiger charge is -2.05. The molecule has 2 rings (SSSR count). The highest BCUT2D eigenvalue weighted by molar-refractivity contribution is 5.94. The summed E-state index contributed by atoms with van der Waals surface area (Å²) in [5.41, 5.74) is 0.836. The van der Waals surface area contributed by atoms with E-state index >= 15 is 0 Å². The van der Waals surface area contributed by atoms with E-state index in [1.54, 1.807) is 25.4 Å². The number of methoxy groups -OCH3 is 1. The first kappa shape index (κ1) is 17.0. The minimum atomic E-state index is -0.339. The fourth-order valence-corrected chi connectivity index (χ4v) is 1.91. The molecule has 1 aromatic heterocycles. The van der Waals surface area contributed by atoms with Crippen LogP contribution in [-0.2, 0) is 4.74 Å². The number of nitrogens with one attached hydrogen (secondary N) is 1. The maximum Gasteiger partial charge on any atom is 0.275 e. The standard InChI is InChI=1S/C16H20FN3O3/c1-3-9-23-14-11-20(13-6-4-12(17)5-7-13)19-15(14)16(21)18-8-10-22-2/h4-7,11H,3,8-10H2,1-2H3,(H,18,21). The van der Waals surface area contributed by atoms with Crippen molar-refractivity contribution in [1.29, 1.82) is 0 Å². The van der Waals surface area contributed by atoms with E-state index in [-0.39, 0.29) is 17.4 Å². The smallest absolute Gasteiger partial charge is 0.275 e. The number of hydrogen-bond donors (Lipinski definition) is 1. The summed E-state index contributed by atoms with van der Waals surface area (Å²) in [5.74, 6) is -0.277. The van der Waals surface area contributed by atoms with Crippen molar-refractivity contribution < 1.29 is 18.7 Å². The van der Waals surface area contributed by atoms with Crippen molar-refractivity contribution in [2.24, 2.45) is 0 Å². The number of carbonyl (C=O) groups is 1. The Bertz CT molecular complexity index is 641. The van der Waals surface area contributed by atoms with Gasteiger partial charge in [-0.15, -0.1) is 0 Å². The first-order valence-corrected chi connectivity index (χ1v) is 7.41. The molecule has 0 aliphatic heterocycles.